The van der Waals surface area contributed by atoms with Crippen LogP contribution < -0.4 is 10.6 Å². The van der Waals surface area contributed by atoms with Gasteiger partial charge in [0.1, 0.15) is 6.04 Å². The molecule has 1 saturated heterocycles. The van der Waals surface area contributed by atoms with E-state index in [9.17, 15) is 9.59 Å². The van der Waals surface area contributed by atoms with E-state index in [0.717, 1.165) is 5.56 Å². The van der Waals surface area contributed by atoms with E-state index in [4.69, 9.17) is 4.52 Å². The van der Waals surface area contributed by atoms with Gasteiger partial charge in [0, 0.05) is 19.5 Å². The van der Waals surface area contributed by atoms with Crippen LogP contribution in [0, 0.1) is 0 Å². The number of amides is 3. The molecular weight excluding hydrogens is 322 g/mol. The van der Waals surface area contributed by atoms with Crippen molar-refractivity contribution in [1.82, 2.24) is 25.7 Å². The lowest BCUT2D eigenvalue weighted by Crippen LogP contribution is -2.59. The Kier molecular flexibility index (Phi) is 5.27. The summed E-state index contributed by atoms with van der Waals surface area (Å²) in [6.45, 7) is 2.96. The van der Waals surface area contributed by atoms with Gasteiger partial charge in [-0.25, -0.2) is 4.79 Å². The highest BCUT2D eigenvalue weighted by Crippen LogP contribution is 2.10. The van der Waals surface area contributed by atoms with Crippen LogP contribution in [0.1, 0.15) is 30.6 Å². The number of aromatic nitrogens is 2. The number of carbonyl (C=O) groups is 2. The van der Waals surface area contributed by atoms with Gasteiger partial charge in [0.2, 0.25) is 11.8 Å². The molecular formula is C17H21N5O3. The third-order valence-electron chi connectivity index (χ3n) is 4.08. The number of carbonyl (C=O) groups excluding carboxylic acids is 2. The zero-order chi connectivity index (χ0) is 17.6. The van der Waals surface area contributed by atoms with E-state index in [1.54, 1.807) is 4.90 Å². The van der Waals surface area contributed by atoms with Crippen molar-refractivity contribution >= 4 is 11.9 Å². The van der Waals surface area contributed by atoms with Gasteiger partial charge in [0.05, 0.1) is 6.54 Å². The molecule has 1 fully saturated rings. The largest absolute Gasteiger partial charge is 0.353 e. The van der Waals surface area contributed by atoms with Crippen LogP contribution >= 0.6 is 0 Å². The first kappa shape index (κ1) is 16.9. The van der Waals surface area contributed by atoms with Crippen molar-refractivity contribution in [3.05, 3.63) is 47.6 Å². The van der Waals surface area contributed by atoms with Crippen molar-refractivity contribution in [1.29, 1.82) is 0 Å². The molecule has 1 atom stereocenters. The lowest BCUT2D eigenvalue weighted by atomic mass is 10.1. The Morgan fingerprint density at radius 3 is 2.96 bits per heavy atom. The van der Waals surface area contributed by atoms with Crippen LogP contribution in [-0.2, 0) is 17.8 Å². The molecule has 2 N–H and O–H groups in total. The molecule has 2 aromatic rings. The van der Waals surface area contributed by atoms with Crippen LogP contribution in [0.25, 0.3) is 0 Å². The number of hydrogen-bond acceptors (Lipinski definition) is 5. The smallest absolute Gasteiger partial charge is 0.318 e. The van der Waals surface area contributed by atoms with Gasteiger partial charge in [-0.15, -0.1) is 0 Å². The van der Waals surface area contributed by atoms with Crippen LogP contribution in [0.5, 0.6) is 0 Å². The molecule has 1 aliphatic heterocycles. The molecule has 3 rings (SSSR count). The van der Waals surface area contributed by atoms with Crippen LogP contribution in [0.15, 0.2) is 34.9 Å². The van der Waals surface area contributed by atoms with Crippen LogP contribution in [0.3, 0.4) is 0 Å². The first-order valence-electron chi connectivity index (χ1n) is 8.35. The molecule has 132 valence electrons. The molecule has 1 aromatic carbocycles. The molecule has 3 amide bonds. The molecule has 0 spiro atoms. The molecule has 0 aliphatic carbocycles. The predicted molar refractivity (Wildman–Crippen MR) is 89.6 cm³/mol. The van der Waals surface area contributed by atoms with Crippen LogP contribution in [0.4, 0.5) is 4.79 Å². The minimum atomic E-state index is -0.440. The van der Waals surface area contributed by atoms with Gasteiger partial charge in [-0.1, -0.05) is 42.4 Å². The van der Waals surface area contributed by atoms with Crippen LogP contribution in [0.2, 0.25) is 0 Å². The van der Waals surface area contributed by atoms with E-state index in [-0.39, 0.29) is 18.5 Å². The summed E-state index contributed by atoms with van der Waals surface area (Å²) in [5, 5.41) is 9.44. The molecule has 1 aliphatic rings. The fourth-order valence-corrected chi connectivity index (χ4v) is 2.83. The topological polar surface area (TPSA) is 100 Å². The van der Waals surface area contributed by atoms with Crippen LogP contribution in [-0.4, -0.2) is 46.1 Å². The minimum Gasteiger partial charge on any atom is -0.353 e. The molecule has 2 heterocycles. The second kappa shape index (κ2) is 7.78. The number of benzene rings is 1. The van der Waals surface area contributed by atoms with Crippen molar-refractivity contribution in [3.8, 4) is 0 Å². The number of nitrogens with zero attached hydrogens (tertiary/aromatic N) is 3. The maximum atomic E-state index is 12.3. The zero-order valence-corrected chi connectivity index (χ0v) is 14.1. The molecule has 0 unspecified atom stereocenters. The summed E-state index contributed by atoms with van der Waals surface area (Å²) in [6, 6.07) is 9.10. The number of piperazine rings is 1. The molecule has 0 radical (unpaired) electrons. The quantitative estimate of drug-likeness (QED) is 0.846. The predicted octanol–water partition coefficient (Wildman–Crippen LogP) is 1.08. The highest BCUT2D eigenvalue weighted by atomic mass is 16.5. The summed E-state index contributed by atoms with van der Waals surface area (Å²) in [7, 11) is 0. The zero-order valence-electron chi connectivity index (χ0n) is 14.1. The average Bonchev–Trinajstić information content (AvgIpc) is 3.07. The summed E-state index contributed by atoms with van der Waals surface area (Å²) >= 11 is 0. The second-order valence-corrected chi connectivity index (χ2v) is 5.83. The van der Waals surface area contributed by atoms with Crippen molar-refractivity contribution < 1.29 is 14.1 Å². The van der Waals surface area contributed by atoms with E-state index < -0.39 is 6.04 Å². The molecule has 25 heavy (non-hydrogen) atoms. The van der Waals surface area contributed by atoms with Gasteiger partial charge < -0.3 is 20.1 Å². The lowest BCUT2D eigenvalue weighted by molar-refractivity contribution is -0.127. The summed E-state index contributed by atoms with van der Waals surface area (Å²) in [5.74, 6) is 0.792. The Morgan fingerprint density at radius 2 is 2.20 bits per heavy atom. The minimum absolute atomic E-state index is 0.119. The summed E-state index contributed by atoms with van der Waals surface area (Å²) in [4.78, 5) is 30.0. The first-order chi connectivity index (χ1) is 12.2. The Labute approximate surface area is 145 Å². The summed E-state index contributed by atoms with van der Waals surface area (Å²) < 4.78 is 5.18. The van der Waals surface area contributed by atoms with Gasteiger partial charge in [0.15, 0.2) is 5.82 Å². The van der Waals surface area contributed by atoms with Gasteiger partial charge in [-0.2, -0.15) is 4.98 Å². The van der Waals surface area contributed by atoms with Crippen molar-refractivity contribution in [2.45, 2.75) is 32.4 Å². The van der Waals surface area contributed by atoms with Crippen molar-refractivity contribution in [2.75, 3.05) is 13.1 Å². The van der Waals surface area contributed by atoms with Gasteiger partial charge in [0.25, 0.3) is 0 Å². The number of urea groups is 1. The third kappa shape index (κ3) is 4.14. The van der Waals surface area contributed by atoms with E-state index >= 15 is 0 Å². The average molecular weight is 343 g/mol. The normalized spacial score (nSPS) is 17.2. The lowest BCUT2D eigenvalue weighted by Gasteiger charge is -2.34. The van der Waals surface area contributed by atoms with Crippen molar-refractivity contribution in [2.24, 2.45) is 0 Å². The fourth-order valence-electron chi connectivity index (χ4n) is 2.83. The monoisotopic (exact) mass is 343 g/mol. The van der Waals surface area contributed by atoms with E-state index in [1.165, 1.54) is 0 Å². The van der Waals surface area contributed by atoms with E-state index in [1.807, 2.05) is 37.3 Å². The third-order valence-corrected chi connectivity index (χ3v) is 4.08. The van der Waals surface area contributed by atoms with E-state index in [0.29, 0.717) is 37.6 Å². The molecule has 0 saturated carbocycles. The number of nitrogens with one attached hydrogen (secondary N) is 2. The van der Waals surface area contributed by atoms with Gasteiger partial charge in [-0.05, 0) is 12.0 Å². The molecule has 1 aromatic heterocycles. The number of hydrogen-bond donors (Lipinski definition) is 2. The standard InChI is InChI=1S/C17H21N5O3/c1-2-13-16(23)18-8-9-22(13)17(24)19-11-15-20-14(21-25-15)10-12-6-4-3-5-7-12/h3-7,13H,2,8-11H2,1H3,(H,18,23)(H,19,24)/t13-/m0/s1. The highest BCUT2D eigenvalue weighted by molar-refractivity contribution is 5.88. The molecule has 0 bridgehead atoms. The Bertz CT molecular complexity index is 731. The number of rotatable bonds is 5. The van der Waals surface area contributed by atoms with Crippen molar-refractivity contribution in [3.63, 3.8) is 0 Å². The Hall–Kier alpha value is -2.90. The molecule has 8 heteroatoms. The summed E-state index contributed by atoms with van der Waals surface area (Å²) in [6.07, 6.45) is 1.14. The Balaban J connectivity index is 1.55. The van der Waals surface area contributed by atoms with Gasteiger partial charge in [-0.3, -0.25) is 4.79 Å². The van der Waals surface area contributed by atoms with Gasteiger partial charge >= 0.3 is 6.03 Å². The Morgan fingerprint density at radius 1 is 1.40 bits per heavy atom. The SMILES string of the molecule is CC[C@H]1C(=O)NCCN1C(=O)NCc1nc(Cc2ccccc2)no1. The summed E-state index contributed by atoms with van der Waals surface area (Å²) in [5.41, 5.74) is 1.09. The fraction of sp³-hybridized carbons (Fsp3) is 0.412. The maximum Gasteiger partial charge on any atom is 0.318 e. The highest BCUT2D eigenvalue weighted by Gasteiger charge is 2.31. The van der Waals surface area contributed by atoms with E-state index in [2.05, 4.69) is 20.8 Å². The maximum absolute atomic E-state index is 12.3. The first-order valence-corrected chi connectivity index (χ1v) is 8.35. The second-order valence-electron chi connectivity index (χ2n) is 5.83. The molecule has 8 nitrogen and oxygen atoms in total.